The molecule has 1 N–H and O–H groups in total. The molecule has 0 amide bonds. The van der Waals surface area contributed by atoms with Crippen LogP contribution < -0.4 is 0 Å². The van der Waals surface area contributed by atoms with Crippen molar-refractivity contribution in [3.8, 4) is 0 Å². The van der Waals surface area contributed by atoms with Gasteiger partial charge in [-0.1, -0.05) is 11.6 Å². The average Bonchev–Trinajstić information content (AvgIpc) is 2.39. The Bertz CT molecular complexity index is 220. The molecule has 4 heteroatoms. The van der Waals surface area contributed by atoms with Crippen LogP contribution in [-0.2, 0) is 0 Å². The largest absolute Gasteiger partial charge is 0.396 e. The lowest BCUT2D eigenvalue weighted by Crippen LogP contribution is -2.02. The van der Waals surface area contributed by atoms with Crippen LogP contribution in [0.25, 0.3) is 0 Å². The smallest absolute Gasteiger partial charge is 0.0931 e. The van der Waals surface area contributed by atoms with Gasteiger partial charge in [0.25, 0.3) is 0 Å². The van der Waals surface area contributed by atoms with Crippen molar-refractivity contribution < 1.29 is 5.11 Å². The van der Waals surface area contributed by atoms with Crippen molar-refractivity contribution in [1.82, 2.24) is 0 Å². The van der Waals surface area contributed by atoms with Crippen LogP contribution in [0.3, 0.4) is 0 Å². The SMILES string of the molecule is OCC(CS)c1ccc(Cl)s1. The van der Waals surface area contributed by atoms with E-state index in [9.17, 15) is 0 Å². The fraction of sp³-hybridized carbons (Fsp3) is 0.429. The molecule has 0 saturated heterocycles. The van der Waals surface area contributed by atoms with Gasteiger partial charge in [-0.2, -0.15) is 12.6 Å². The third-order valence-electron chi connectivity index (χ3n) is 1.44. The van der Waals surface area contributed by atoms with Crippen LogP contribution in [0, 0.1) is 0 Å². The lowest BCUT2D eigenvalue weighted by molar-refractivity contribution is 0.276. The van der Waals surface area contributed by atoms with E-state index in [0.717, 1.165) is 9.21 Å². The van der Waals surface area contributed by atoms with Crippen LogP contribution >= 0.6 is 35.6 Å². The van der Waals surface area contributed by atoms with Crippen LogP contribution in [0.2, 0.25) is 4.34 Å². The lowest BCUT2D eigenvalue weighted by atomic mass is 10.1. The highest BCUT2D eigenvalue weighted by molar-refractivity contribution is 7.80. The van der Waals surface area contributed by atoms with Gasteiger partial charge in [0.15, 0.2) is 0 Å². The fourth-order valence-corrected chi connectivity index (χ4v) is 2.37. The molecule has 0 radical (unpaired) electrons. The number of hydrogen-bond donors (Lipinski definition) is 2. The van der Waals surface area contributed by atoms with Gasteiger partial charge in [-0.05, 0) is 12.1 Å². The molecule has 0 aromatic carbocycles. The van der Waals surface area contributed by atoms with E-state index in [4.69, 9.17) is 16.7 Å². The highest BCUT2D eigenvalue weighted by Crippen LogP contribution is 2.28. The van der Waals surface area contributed by atoms with Crippen molar-refractivity contribution in [3.63, 3.8) is 0 Å². The standard InChI is InChI=1S/C7H9ClOS2/c8-7-2-1-6(11-7)5(3-9)4-10/h1-2,5,9-10H,3-4H2. The molecule has 1 atom stereocenters. The first-order valence-corrected chi connectivity index (χ1v) is 5.07. The van der Waals surface area contributed by atoms with Gasteiger partial charge in [0, 0.05) is 16.5 Å². The first kappa shape index (κ1) is 9.39. The fourth-order valence-electron chi connectivity index (χ4n) is 0.785. The zero-order valence-corrected chi connectivity index (χ0v) is 8.29. The Morgan fingerprint density at radius 1 is 1.64 bits per heavy atom. The Morgan fingerprint density at radius 2 is 2.36 bits per heavy atom. The van der Waals surface area contributed by atoms with Crippen LogP contribution in [0.5, 0.6) is 0 Å². The minimum atomic E-state index is 0.135. The number of aliphatic hydroxyl groups excluding tert-OH is 1. The molecule has 1 aromatic heterocycles. The topological polar surface area (TPSA) is 20.2 Å². The molecule has 0 fully saturated rings. The molecular weight excluding hydrogens is 200 g/mol. The summed E-state index contributed by atoms with van der Waals surface area (Å²) in [4.78, 5) is 1.10. The normalized spacial score (nSPS) is 13.4. The average molecular weight is 209 g/mol. The summed E-state index contributed by atoms with van der Waals surface area (Å²) in [7, 11) is 0. The van der Waals surface area contributed by atoms with E-state index in [1.165, 1.54) is 11.3 Å². The van der Waals surface area contributed by atoms with E-state index in [1.807, 2.05) is 12.1 Å². The van der Waals surface area contributed by atoms with Gasteiger partial charge >= 0.3 is 0 Å². The van der Waals surface area contributed by atoms with Crippen LogP contribution in [0.1, 0.15) is 10.8 Å². The van der Waals surface area contributed by atoms with E-state index >= 15 is 0 Å². The molecule has 0 spiro atoms. The summed E-state index contributed by atoms with van der Waals surface area (Å²) in [6, 6.07) is 3.78. The van der Waals surface area contributed by atoms with Crippen LogP contribution in [-0.4, -0.2) is 17.5 Å². The summed E-state index contributed by atoms with van der Waals surface area (Å²) in [6.07, 6.45) is 0. The molecule has 1 unspecified atom stereocenters. The second-order valence-electron chi connectivity index (χ2n) is 2.20. The predicted molar refractivity (Wildman–Crippen MR) is 53.0 cm³/mol. The van der Waals surface area contributed by atoms with Crippen LogP contribution in [0.15, 0.2) is 12.1 Å². The third-order valence-corrected chi connectivity index (χ3v) is 3.27. The van der Waals surface area contributed by atoms with Gasteiger partial charge < -0.3 is 5.11 Å². The first-order chi connectivity index (χ1) is 5.27. The molecule has 0 bridgehead atoms. The quantitative estimate of drug-likeness (QED) is 0.732. The van der Waals surface area contributed by atoms with Gasteiger partial charge in [-0.3, -0.25) is 0 Å². The molecule has 1 aromatic rings. The van der Waals surface area contributed by atoms with E-state index in [2.05, 4.69) is 12.6 Å². The number of halogens is 1. The predicted octanol–water partition coefficient (Wildman–Crippen LogP) is 2.41. The third kappa shape index (κ3) is 2.37. The highest BCUT2D eigenvalue weighted by atomic mass is 35.5. The Labute approximate surface area is 80.4 Å². The van der Waals surface area contributed by atoms with Gasteiger partial charge in [0.2, 0.25) is 0 Å². The molecule has 11 heavy (non-hydrogen) atoms. The summed E-state index contributed by atoms with van der Waals surface area (Å²) in [6.45, 7) is 0.139. The lowest BCUT2D eigenvalue weighted by Gasteiger charge is -2.06. The van der Waals surface area contributed by atoms with Gasteiger partial charge in [-0.25, -0.2) is 0 Å². The van der Waals surface area contributed by atoms with Gasteiger partial charge in [0.1, 0.15) is 0 Å². The van der Waals surface area contributed by atoms with Crippen LogP contribution in [0.4, 0.5) is 0 Å². The van der Waals surface area contributed by atoms with Crippen molar-refractivity contribution in [2.75, 3.05) is 12.4 Å². The van der Waals surface area contributed by atoms with Gasteiger partial charge in [0.05, 0.1) is 10.9 Å². The van der Waals surface area contributed by atoms with Gasteiger partial charge in [-0.15, -0.1) is 11.3 Å². The zero-order chi connectivity index (χ0) is 8.27. The number of aliphatic hydroxyl groups is 1. The summed E-state index contributed by atoms with van der Waals surface area (Å²) in [5.41, 5.74) is 0. The van der Waals surface area contributed by atoms with Crippen molar-refractivity contribution in [3.05, 3.63) is 21.3 Å². The Balaban J connectivity index is 2.73. The molecule has 1 rings (SSSR count). The number of rotatable bonds is 3. The summed E-state index contributed by atoms with van der Waals surface area (Å²) >= 11 is 11.4. The van der Waals surface area contributed by atoms with E-state index in [-0.39, 0.29) is 12.5 Å². The highest BCUT2D eigenvalue weighted by Gasteiger charge is 2.09. The Kier molecular flexibility index (Phi) is 3.72. The summed E-state index contributed by atoms with van der Waals surface area (Å²) < 4.78 is 0.764. The van der Waals surface area contributed by atoms with Crippen molar-refractivity contribution >= 4 is 35.6 Å². The maximum atomic E-state index is 8.90. The maximum absolute atomic E-state index is 8.90. The molecule has 0 aliphatic carbocycles. The number of hydrogen-bond acceptors (Lipinski definition) is 3. The molecule has 0 aliphatic rings. The molecule has 1 heterocycles. The minimum absolute atomic E-state index is 0.135. The molecule has 1 nitrogen and oxygen atoms in total. The second-order valence-corrected chi connectivity index (χ2v) is 4.32. The van der Waals surface area contributed by atoms with Crippen molar-refractivity contribution in [2.45, 2.75) is 5.92 Å². The summed E-state index contributed by atoms with van der Waals surface area (Å²) in [5.74, 6) is 0.795. The maximum Gasteiger partial charge on any atom is 0.0931 e. The van der Waals surface area contributed by atoms with Crippen molar-refractivity contribution in [1.29, 1.82) is 0 Å². The molecule has 62 valence electrons. The Morgan fingerprint density at radius 3 is 2.73 bits per heavy atom. The number of thiol groups is 1. The summed E-state index contributed by atoms with van der Waals surface area (Å²) in [5, 5.41) is 8.90. The minimum Gasteiger partial charge on any atom is -0.396 e. The van der Waals surface area contributed by atoms with E-state index in [1.54, 1.807) is 0 Å². The number of thiophene rings is 1. The van der Waals surface area contributed by atoms with E-state index in [0.29, 0.717) is 5.75 Å². The zero-order valence-electron chi connectivity index (χ0n) is 5.83. The first-order valence-electron chi connectivity index (χ1n) is 3.25. The molecule has 0 saturated carbocycles. The monoisotopic (exact) mass is 208 g/mol. The van der Waals surface area contributed by atoms with E-state index < -0.39 is 0 Å². The van der Waals surface area contributed by atoms with Crippen molar-refractivity contribution in [2.24, 2.45) is 0 Å². The molecule has 0 aliphatic heterocycles. The second kappa shape index (κ2) is 4.36. The Hall–Kier alpha value is 0.300. The molecular formula is C7H9ClOS2.